The van der Waals surface area contributed by atoms with Gasteiger partial charge < -0.3 is 20.0 Å². The Hall–Kier alpha value is 0.180. The Kier molecular flexibility index (Phi) is 9.78. The van der Waals surface area contributed by atoms with E-state index in [1.54, 1.807) is 0 Å². The summed E-state index contributed by atoms with van der Waals surface area (Å²) in [6.45, 7) is -0.250. The summed E-state index contributed by atoms with van der Waals surface area (Å²) in [5, 5.41) is 15.2. The highest BCUT2D eigenvalue weighted by molar-refractivity contribution is 7.61. The first-order chi connectivity index (χ1) is 6.74. The molecular formula is C4H14O9P2. The number of phosphoric acid groups is 2. The minimum atomic E-state index is -4.83. The maximum absolute atomic E-state index is 10.8. The molecule has 4 N–H and O–H groups in total. The van der Waals surface area contributed by atoms with Crippen molar-refractivity contribution in [2.24, 2.45) is 0 Å². The molecular weight excluding hydrogens is 254 g/mol. The van der Waals surface area contributed by atoms with E-state index >= 15 is 0 Å². The molecule has 0 spiro atoms. The zero-order valence-electron chi connectivity index (χ0n) is 8.14. The predicted molar refractivity (Wildman–Crippen MR) is 48.9 cm³/mol. The molecule has 0 radical (unpaired) electrons. The Morgan fingerprint density at radius 3 is 1.40 bits per heavy atom. The minimum Gasteiger partial charge on any atom is -0.394 e. The Balaban J connectivity index is 0. The van der Waals surface area contributed by atoms with E-state index in [-0.39, 0.29) is 13.2 Å². The standard InChI is InChI=1S/C2H8O7P2.C2H6O2/c1-7-11(6,8-2)9-10(3,4)5;3-1-2-4/h1-2H3,(H2,3,4,5);3-4H,1-2H2. The molecule has 0 aliphatic rings. The molecule has 9 nitrogen and oxygen atoms in total. The first kappa shape index (κ1) is 17.6. The Bertz CT molecular complexity index is 224. The van der Waals surface area contributed by atoms with Gasteiger partial charge in [0.25, 0.3) is 0 Å². The van der Waals surface area contributed by atoms with Crippen LogP contribution in [-0.2, 0) is 22.5 Å². The largest absolute Gasteiger partial charge is 0.483 e. The summed E-state index contributed by atoms with van der Waals surface area (Å²) in [6.07, 6.45) is 0. The SMILES string of the molecule is COP(=O)(OC)OP(=O)(O)O.OCCO. The van der Waals surface area contributed by atoms with E-state index in [0.29, 0.717) is 0 Å². The van der Waals surface area contributed by atoms with E-state index in [0.717, 1.165) is 14.2 Å². The van der Waals surface area contributed by atoms with Gasteiger partial charge in [-0.2, -0.15) is 4.31 Å². The van der Waals surface area contributed by atoms with Crippen molar-refractivity contribution in [1.82, 2.24) is 0 Å². The van der Waals surface area contributed by atoms with Crippen LogP contribution in [0.3, 0.4) is 0 Å². The van der Waals surface area contributed by atoms with Gasteiger partial charge in [-0.15, -0.1) is 0 Å². The molecule has 0 aromatic carbocycles. The highest BCUT2D eigenvalue weighted by Gasteiger charge is 2.33. The van der Waals surface area contributed by atoms with Gasteiger partial charge in [-0.1, -0.05) is 0 Å². The zero-order valence-corrected chi connectivity index (χ0v) is 9.93. The molecule has 15 heavy (non-hydrogen) atoms. The number of phosphoric ester groups is 1. The monoisotopic (exact) mass is 268 g/mol. The average molecular weight is 268 g/mol. The summed E-state index contributed by atoms with van der Waals surface area (Å²) < 4.78 is 32.8. The first-order valence-corrected chi connectivity index (χ1v) is 6.44. The number of aliphatic hydroxyl groups is 2. The summed E-state index contributed by atoms with van der Waals surface area (Å²) in [5.74, 6) is 0. The highest BCUT2D eigenvalue weighted by atomic mass is 31.3. The van der Waals surface area contributed by atoms with Crippen molar-refractivity contribution in [2.75, 3.05) is 27.4 Å². The molecule has 0 amide bonds. The van der Waals surface area contributed by atoms with Crippen molar-refractivity contribution in [3.05, 3.63) is 0 Å². The van der Waals surface area contributed by atoms with E-state index in [4.69, 9.17) is 20.0 Å². The molecule has 0 saturated carbocycles. The number of hydrogen-bond acceptors (Lipinski definition) is 7. The third-order valence-electron chi connectivity index (χ3n) is 0.754. The van der Waals surface area contributed by atoms with E-state index in [1.807, 2.05) is 0 Å². The molecule has 0 atom stereocenters. The molecule has 0 aliphatic heterocycles. The van der Waals surface area contributed by atoms with Crippen LogP contribution in [0.2, 0.25) is 0 Å². The maximum Gasteiger partial charge on any atom is 0.483 e. The number of aliphatic hydroxyl groups excluding tert-OH is 2. The van der Waals surface area contributed by atoms with Crippen LogP contribution in [0.25, 0.3) is 0 Å². The fourth-order valence-corrected chi connectivity index (χ4v) is 2.00. The van der Waals surface area contributed by atoms with Crippen molar-refractivity contribution < 1.29 is 42.5 Å². The van der Waals surface area contributed by atoms with Gasteiger partial charge >= 0.3 is 15.6 Å². The summed E-state index contributed by atoms with van der Waals surface area (Å²) in [4.78, 5) is 16.3. The molecule has 0 rings (SSSR count). The Labute approximate surface area is 86.5 Å². The van der Waals surface area contributed by atoms with Crippen molar-refractivity contribution in [3.8, 4) is 0 Å². The predicted octanol–water partition coefficient (Wildman–Crippen LogP) is -0.532. The molecule has 0 unspecified atom stereocenters. The molecule has 0 bridgehead atoms. The van der Waals surface area contributed by atoms with Gasteiger partial charge in [-0.25, -0.2) is 9.13 Å². The van der Waals surface area contributed by atoms with Gasteiger partial charge in [-0.3, -0.25) is 9.05 Å². The lowest BCUT2D eigenvalue weighted by atomic mass is 10.8. The van der Waals surface area contributed by atoms with Crippen LogP contribution >= 0.6 is 15.6 Å². The third kappa shape index (κ3) is 12.1. The van der Waals surface area contributed by atoms with Gasteiger partial charge in [0.15, 0.2) is 0 Å². The fourth-order valence-electron chi connectivity index (χ4n) is 0.271. The second kappa shape index (κ2) is 8.35. The van der Waals surface area contributed by atoms with Crippen molar-refractivity contribution >= 4 is 15.6 Å². The van der Waals surface area contributed by atoms with E-state index in [1.165, 1.54) is 0 Å². The fraction of sp³-hybridized carbons (Fsp3) is 1.00. The quantitative estimate of drug-likeness (QED) is 0.483. The van der Waals surface area contributed by atoms with E-state index < -0.39 is 15.6 Å². The summed E-state index contributed by atoms with van der Waals surface area (Å²) >= 11 is 0. The maximum atomic E-state index is 10.8. The first-order valence-electron chi connectivity index (χ1n) is 3.44. The molecule has 0 aliphatic carbocycles. The average Bonchev–Trinajstić information content (AvgIpc) is 2.15. The highest BCUT2D eigenvalue weighted by Crippen LogP contribution is 2.59. The van der Waals surface area contributed by atoms with Gasteiger partial charge in [0.2, 0.25) is 0 Å². The smallest absolute Gasteiger partial charge is 0.394 e. The number of rotatable bonds is 5. The normalized spacial score (nSPS) is 11.9. The van der Waals surface area contributed by atoms with E-state index in [9.17, 15) is 9.13 Å². The van der Waals surface area contributed by atoms with Gasteiger partial charge in [0.05, 0.1) is 13.2 Å². The molecule has 0 saturated heterocycles. The van der Waals surface area contributed by atoms with Crippen molar-refractivity contribution in [2.45, 2.75) is 0 Å². The van der Waals surface area contributed by atoms with Crippen LogP contribution < -0.4 is 0 Å². The van der Waals surface area contributed by atoms with Crippen molar-refractivity contribution in [1.29, 1.82) is 0 Å². The third-order valence-corrected chi connectivity index (χ3v) is 3.30. The van der Waals surface area contributed by atoms with Gasteiger partial charge in [-0.05, 0) is 0 Å². The van der Waals surface area contributed by atoms with Crippen LogP contribution in [0.1, 0.15) is 0 Å². The lowest BCUT2D eigenvalue weighted by Crippen LogP contribution is -1.92. The topological polar surface area (TPSA) is 143 Å². The second-order valence-corrected chi connectivity index (χ2v) is 5.09. The molecule has 94 valence electrons. The summed E-state index contributed by atoms with van der Waals surface area (Å²) in [5.41, 5.74) is 0. The van der Waals surface area contributed by atoms with Crippen LogP contribution in [0.4, 0.5) is 0 Å². The number of hydrogen-bond donors (Lipinski definition) is 4. The van der Waals surface area contributed by atoms with Crippen molar-refractivity contribution in [3.63, 3.8) is 0 Å². The van der Waals surface area contributed by atoms with E-state index in [2.05, 4.69) is 13.4 Å². The van der Waals surface area contributed by atoms with Gasteiger partial charge in [0, 0.05) is 14.2 Å². The lowest BCUT2D eigenvalue weighted by molar-refractivity contribution is 0.182. The molecule has 0 fully saturated rings. The van der Waals surface area contributed by atoms with Crippen LogP contribution in [0.15, 0.2) is 0 Å². The second-order valence-electron chi connectivity index (χ2n) is 1.83. The van der Waals surface area contributed by atoms with Crippen LogP contribution in [-0.4, -0.2) is 47.4 Å². The van der Waals surface area contributed by atoms with Crippen LogP contribution in [0.5, 0.6) is 0 Å². The Morgan fingerprint density at radius 2 is 1.33 bits per heavy atom. The summed E-state index contributed by atoms with van der Waals surface area (Å²) in [6, 6.07) is 0. The zero-order chi connectivity index (χ0) is 12.5. The summed E-state index contributed by atoms with van der Waals surface area (Å²) in [7, 11) is -7.01. The molecule has 0 aromatic rings. The van der Waals surface area contributed by atoms with Crippen LogP contribution in [0, 0.1) is 0 Å². The molecule has 0 heterocycles. The lowest BCUT2D eigenvalue weighted by Gasteiger charge is -2.12. The Morgan fingerprint density at radius 1 is 1.00 bits per heavy atom. The minimum absolute atomic E-state index is 0.125. The van der Waals surface area contributed by atoms with Gasteiger partial charge in [0.1, 0.15) is 0 Å². The molecule has 11 heteroatoms. The molecule has 0 aromatic heterocycles.